The Morgan fingerprint density at radius 3 is 2.82 bits per heavy atom. The van der Waals surface area contributed by atoms with Crippen LogP contribution in [0.25, 0.3) is 0 Å². The van der Waals surface area contributed by atoms with Crippen molar-refractivity contribution in [3.05, 3.63) is 29.1 Å². The first kappa shape index (κ1) is 15.8. The van der Waals surface area contributed by atoms with Crippen LogP contribution in [0.4, 0.5) is 4.39 Å². The Morgan fingerprint density at radius 1 is 1.36 bits per heavy atom. The molecule has 1 aromatic rings. The maximum absolute atomic E-state index is 14.7. The molecule has 3 atom stereocenters. The lowest BCUT2D eigenvalue weighted by Crippen LogP contribution is -2.53. The van der Waals surface area contributed by atoms with Gasteiger partial charge in [-0.15, -0.1) is 0 Å². The average molecular weight is 305 g/mol. The molecule has 0 spiro atoms. The Labute approximate surface area is 133 Å². The van der Waals surface area contributed by atoms with E-state index in [0.29, 0.717) is 17.6 Å². The summed E-state index contributed by atoms with van der Waals surface area (Å²) in [4.78, 5) is 0. The highest BCUT2D eigenvalue weighted by atomic mass is 19.1. The van der Waals surface area contributed by atoms with Crippen molar-refractivity contribution < 1.29 is 9.13 Å². The van der Waals surface area contributed by atoms with Crippen LogP contribution in [0.5, 0.6) is 5.75 Å². The lowest BCUT2D eigenvalue weighted by Gasteiger charge is -2.48. The summed E-state index contributed by atoms with van der Waals surface area (Å²) >= 11 is 0. The second-order valence-corrected chi connectivity index (χ2v) is 7.63. The zero-order chi connectivity index (χ0) is 15.9. The molecule has 0 saturated heterocycles. The number of hydrogen-bond acceptors (Lipinski definition) is 2. The molecule has 1 fully saturated rings. The molecule has 122 valence electrons. The zero-order valence-electron chi connectivity index (χ0n) is 14.0. The van der Waals surface area contributed by atoms with Crippen LogP contribution < -0.4 is 10.5 Å². The standard InChI is InChI=1S/C19H28FNO/c1-12(2)11-19-7-5-4-6-13(18(19)21)8-15-16(19)9-14(22-3)10-17(15)20/h9-10,12-13,18H,4-8,11,21H2,1-3H3. The van der Waals surface area contributed by atoms with E-state index in [0.717, 1.165) is 36.8 Å². The molecule has 0 aliphatic heterocycles. The van der Waals surface area contributed by atoms with Gasteiger partial charge in [0.05, 0.1) is 7.11 Å². The third kappa shape index (κ3) is 2.44. The highest BCUT2D eigenvalue weighted by Crippen LogP contribution is 2.51. The third-order valence-electron chi connectivity index (χ3n) is 5.77. The van der Waals surface area contributed by atoms with Gasteiger partial charge in [0.15, 0.2) is 0 Å². The van der Waals surface area contributed by atoms with E-state index in [1.807, 2.05) is 0 Å². The lowest BCUT2D eigenvalue weighted by molar-refractivity contribution is 0.197. The van der Waals surface area contributed by atoms with Crippen LogP contribution in [0, 0.1) is 17.7 Å². The summed E-state index contributed by atoms with van der Waals surface area (Å²) in [5.74, 6) is 1.47. The van der Waals surface area contributed by atoms with Crippen molar-refractivity contribution in [1.82, 2.24) is 0 Å². The molecule has 2 nitrogen and oxygen atoms in total. The van der Waals surface area contributed by atoms with Gasteiger partial charge < -0.3 is 10.5 Å². The zero-order valence-corrected chi connectivity index (χ0v) is 14.0. The highest BCUT2D eigenvalue weighted by molar-refractivity contribution is 5.46. The molecule has 0 radical (unpaired) electrons. The minimum Gasteiger partial charge on any atom is -0.497 e. The van der Waals surface area contributed by atoms with E-state index in [4.69, 9.17) is 10.5 Å². The molecule has 1 saturated carbocycles. The van der Waals surface area contributed by atoms with Crippen LogP contribution in [-0.4, -0.2) is 13.2 Å². The highest BCUT2D eigenvalue weighted by Gasteiger charge is 2.48. The molecule has 0 aromatic heterocycles. The number of methoxy groups -OCH3 is 1. The van der Waals surface area contributed by atoms with E-state index in [1.165, 1.54) is 18.9 Å². The smallest absolute Gasteiger partial charge is 0.130 e. The van der Waals surface area contributed by atoms with Gasteiger partial charge in [-0.25, -0.2) is 4.39 Å². The van der Waals surface area contributed by atoms with Crippen molar-refractivity contribution in [3.63, 3.8) is 0 Å². The summed E-state index contributed by atoms with van der Waals surface area (Å²) in [6.45, 7) is 4.48. The Bertz CT molecular complexity index is 557. The number of halogens is 1. The number of rotatable bonds is 3. The fraction of sp³-hybridized carbons (Fsp3) is 0.684. The molecule has 2 bridgehead atoms. The summed E-state index contributed by atoms with van der Waals surface area (Å²) in [6.07, 6.45) is 6.42. The van der Waals surface area contributed by atoms with Gasteiger partial charge in [0, 0.05) is 17.5 Å². The van der Waals surface area contributed by atoms with Crippen molar-refractivity contribution in [2.75, 3.05) is 7.11 Å². The van der Waals surface area contributed by atoms with E-state index in [-0.39, 0.29) is 17.3 Å². The second kappa shape index (κ2) is 5.84. The number of nitrogens with two attached hydrogens (primary N) is 1. The van der Waals surface area contributed by atoms with Crippen LogP contribution >= 0.6 is 0 Å². The number of hydrogen-bond donors (Lipinski definition) is 1. The summed E-state index contributed by atoms with van der Waals surface area (Å²) < 4.78 is 20.0. The first-order valence-electron chi connectivity index (χ1n) is 8.60. The van der Waals surface area contributed by atoms with E-state index >= 15 is 0 Å². The summed E-state index contributed by atoms with van der Waals surface area (Å²) in [7, 11) is 1.61. The Balaban J connectivity index is 2.20. The molecule has 2 N–H and O–H groups in total. The molecule has 2 aliphatic rings. The molecule has 0 amide bonds. The molecule has 3 unspecified atom stereocenters. The number of benzene rings is 1. The van der Waals surface area contributed by atoms with Gasteiger partial charge in [0.25, 0.3) is 0 Å². The molecule has 0 heterocycles. The van der Waals surface area contributed by atoms with Crippen molar-refractivity contribution in [3.8, 4) is 5.75 Å². The maximum atomic E-state index is 14.7. The predicted octanol–water partition coefficient (Wildman–Crippen LogP) is 4.19. The van der Waals surface area contributed by atoms with Crippen LogP contribution in [0.15, 0.2) is 12.1 Å². The van der Waals surface area contributed by atoms with Gasteiger partial charge in [0.1, 0.15) is 11.6 Å². The molecule has 2 aliphatic carbocycles. The molecule has 1 aromatic carbocycles. The van der Waals surface area contributed by atoms with E-state index in [2.05, 4.69) is 19.9 Å². The van der Waals surface area contributed by atoms with Gasteiger partial charge in [-0.2, -0.15) is 0 Å². The first-order chi connectivity index (χ1) is 10.5. The molecule has 3 heteroatoms. The van der Waals surface area contributed by atoms with Crippen molar-refractivity contribution in [1.29, 1.82) is 0 Å². The fourth-order valence-corrected chi connectivity index (χ4v) is 4.91. The van der Waals surface area contributed by atoms with E-state index in [9.17, 15) is 4.39 Å². The molecular weight excluding hydrogens is 277 g/mol. The summed E-state index contributed by atoms with van der Waals surface area (Å²) in [5, 5.41) is 0. The largest absolute Gasteiger partial charge is 0.497 e. The van der Waals surface area contributed by atoms with Crippen molar-refractivity contribution in [2.45, 2.75) is 63.8 Å². The Kier molecular flexibility index (Phi) is 4.19. The normalized spacial score (nSPS) is 30.8. The van der Waals surface area contributed by atoms with Gasteiger partial charge in [-0.3, -0.25) is 0 Å². The fourth-order valence-electron chi connectivity index (χ4n) is 4.91. The average Bonchev–Trinajstić information content (AvgIpc) is 2.56. The van der Waals surface area contributed by atoms with Gasteiger partial charge in [0.2, 0.25) is 0 Å². The summed E-state index contributed by atoms with van der Waals surface area (Å²) in [6, 6.07) is 3.73. The van der Waals surface area contributed by atoms with E-state index < -0.39 is 0 Å². The van der Waals surface area contributed by atoms with E-state index in [1.54, 1.807) is 7.11 Å². The van der Waals surface area contributed by atoms with Crippen molar-refractivity contribution >= 4 is 0 Å². The minimum absolute atomic E-state index is 0.0850. The number of ether oxygens (including phenoxy) is 1. The molecular formula is C19H28FNO. The Hall–Kier alpha value is -1.09. The summed E-state index contributed by atoms with van der Waals surface area (Å²) in [5.41, 5.74) is 8.70. The van der Waals surface area contributed by atoms with Crippen LogP contribution in [0.1, 0.15) is 57.1 Å². The maximum Gasteiger partial charge on any atom is 0.130 e. The quantitative estimate of drug-likeness (QED) is 0.908. The SMILES string of the molecule is COc1cc(F)c2c(c1)C1(CC(C)C)CCCCC(C2)C1N. The van der Waals surface area contributed by atoms with Crippen LogP contribution in [0.2, 0.25) is 0 Å². The monoisotopic (exact) mass is 305 g/mol. The molecule has 22 heavy (non-hydrogen) atoms. The molecule has 3 rings (SSSR count). The van der Waals surface area contributed by atoms with Crippen LogP contribution in [-0.2, 0) is 11.8 Å². The number of fused-ring (bicyclic) bond motifs is 4. The van der Waals surface area contributed by atoms with Gasteiger partial charge >= 0.3 is 0 Å². The topological polar surface area (TPSA) is 35.2 Å². The Morgan fingerprint density at radius 2 is 2.14 bits per heavy atom. The second-order valence-electron chi connectivity index (χ2n) is 7.63. The van der Waals surface area contributed by atoms with Gasteiger partial charge in [-0.1, -0.05) is 26.7 Å². The third-order valence-corrected chi connectivity index (χ3v) is 5.77. The van der Waals surface area contributed by atoms with Crippen LogP contribution in [0.3, 0.4) is 0 Å². The first-order valence-corrected chi connectivity index (χ1v) is 8.60. The minimum atomic E-state index is -0.110. The lowest BCUT2D eigenvalue weighted by atomic mass is 9.59. The predicted molar refractivity (Wildman–Crippen MR) is 87.7 cm³/mol. The van der Waals surface area contributed by atoms with Crippen molar-refractivity contribution in [2.24, 2.45) is 17.6 Å². The van der Waals surface area contributed by atoms with Gasteiger partial charge in [-0.05, 0) is 54.7 Å².